The molecule has 5 heteroatoms. The van der Waals surface area contributed by atoms with Gasteiger partial charge in [-0.15, -0.1) is 12.6 Å². The normalized spacial score (nSPS) is 12.8. The summed E-state index contributed by atoms with van der Waals surface area (Å²) >= 11 is 4.29. The molecule has 2 aromatic rings. The topological polar surface area (TPSA) is 47.6 Å². The molecule has 2 aromatic carbocycles. The minimum atomic E-state index is -0.108. The number of fused-ring (bicyclic) bond motifs is 1. The molecule has 4 nitrogen and oxygen atoms in total. The number of ether oxygens (including phenoxy) is 2. The number of carbonyl (C=O) groups is 1. The number of thiol groups is 1. The van der Waals surface area contributed by atoms with Gasteiger partial charge in [0.15, 0.2) is 11.5 Å². The highest BCUT2D eigenvalue weighted by Gasteiger charge is 2.12. The van der Waals surface area contributed by atoms with Gasteiger partial charge < -0.3 is 14.8 Å². The van der Waals surface area contributed by atoms with Crippen LogP contribution in [0.1, 0.15) is 15.9 Å². The maximum absolute atomic E-state index is 12.1. The molecular formula is C17H17NO3S. The highest BCUT2D eigenvalue weighted by atomic mass is 32.1. The van der Waals surface area contributed by atoms with E-state index in [1.165, 1.54) is 0 Å². The Morgan fingerprint density at radius 3 is 2.68 bits per heavy atom. The molecule has 1 aliphatic heterocycles. The van der Waals surface area contributed by atoms with Crippen molar-refractivity contribution in [2.75, 3.05) is 19.8 Å². The monoisotopic (exact) mass is 315 g/mol. The molecule has 0 atom stereocenters. The van der Waals surface area contributed by atoms with Crippen LogP contribution in [0.3, 0.4) is 0 Å². The lowest BCUT2D eigenvalue weighted by Gasteiger charge is -2.18. The van der Waals surface area contributed by atoms with Gasteiger partial charge >= 0.3 is 0 Å². The van der Waals surface area contributed by atoms with Crippen LogP contribution in [0.2, 0.25) is 0 Å². The zero-order valence-electron chi connectivity index (χ0n) is 12.0. The van der Waals surface area contributed by atoms with Crippen molar-refractivity contribution < 1.29 is 14.3 Å². The van der Waals surface area contributed by atoms with E-state index in [0.29, 0.717) is 30.2 Å². The molecular weight excluding hydrogens is 298 g/mol. The Morgan fingerprint density at radius 1 is 1.09 bits per heavy atom. The number of benzene rings is 2. The Kier molecular flexibility index (Phi) is 4.53. The fourth-order valence-electron chi connectivity index (χ4n) is 2.32. The predicted octanol–water partition coefficient (Wildman–Crippen LogP) is 2.72. The summed E-state index contributed by atoms with van der Waals surface area (Å²) in [6.07, 6.45) is 0.733. The van der Waals surface area contributed by atoms with E-state index >= 15 is 0 Å². The van der Waals surface area contributed by atoms with Gasteiger partial charge in [-0.1, -0.05) is 18.2 Å². The first kappa shape index (κ1) is 14.8. The van der Waals surface area contributed by atoms with E-state index in [1.807, 2.05) is 30.3 Å². The minimum absolute atomic E-state index is 0.108. The summed E-state index contributed by atoms with van der Waals surface area (Å²) in [6, 6.07) is 13.1. The number of hydrogen-bond donors (Lipinski definition) is 2. The molecule has 0 spiro atoms. The number of nitrogens with one attached hydrogen (secondary N) is 1. The molecule has 1 aliphatic rings. The smallest absolute Gasteiger partial charge is 0.252 e. The third kappa shape index (κ3) is 3.36. The maximum Gasteiger partial charge on any atom is 0.252 e. The van der Waals surface area contributed by atoms with E-state index < -0.39 is 0 Å². The van der Waals surface area contributed by atoms with E-state index in [1.54, 1.807) is 12.1 Å². The number of carbonyl (C=O) groups excluding carboxylic acids is 1. The largest absolute Gasteiger partial charge is 0.486 e. The Labute approximate surface area is 134 Å². The fraction of sp³-hybridized carbons (Fsp3) is 0.235. The van der Waals surface area contributed by atoms with Crippen LogP contribution >= 0.6 is 12.6 Å². The van der Waals surface area contributed by atoms with Crippen molar-refractivity contribution in [3.8, 4) is 11.5 Å². The third-order valence-corrected chi connectivity index (χ3v) is 3.84. The molecule has 114 valence electrons. The van der Waals surface area contributed by atoms with Crippen LogP contribution in [0.4, 0.5) is 0 Å². The Hall–Kier alpha value is -2.14. The summed E-state index contributed by atoms with van der Waals surface area (Å²) in [5, 5.41) is 2.91. The van der Waals surface area contributed by atoms with E-state index in [2.05, 4.69) is 17.9 Å². The molecule has 0 radical (unpaired) electrons. The molecule has 0 saturated carbocycles. The van der Waals surface area contributed by atoms with E-state index in [9.17, 15) is 4.79 Å². The first-order valence-electron chi connectivity index (χ1n) is 7.19. The number of amides is 1. The van der Waals surface area contributed by atoms with Crippen LogP contribution in [-0.2, 0) is 6.42 Å². The summed E-state index contributed by atoms with van der Waals surface area (Å²) in [6.45, 7) is 1.72. The molecule has 0 aromatic heterocycles. The van der Waals surface area contributed by atoms with Crippen molar-refractivity contribution in [1.82, 2.24) is 5.32 Å². The molecule has 22 heavy (non-hydrogen) atoms. The highest BCUT2D eigenvalue weighted by Crippen LogP contribution is 2.30. The average molecular weight is 315 g/mol. The second-order valence-corrected chi connectivity index (χ2v) is 5.48. The van der Waals surface area contributed by atoms with Gasteiger partial charge in [-0.3, -0.25) is 4.79 Å². The third-order valence-electron chi connectivity index (χ3n) is 3.45. The SMILES string of the molecule is O=C(NCCc1ccc2c(c1)OCCO2)c1ccccc1S. The lowest BCUT2D eigenvalue weighted by atomic mass is 10.1. The summed E-state index contributed by atoms with van der Waals surface area (Å²) in [5.41, 5.74) is 1.69. The summed E-state index contributed by atoms with van der Waals surface area (Å²) in [4.78, 5) is 12.8. The van der Waals surface area contributed by atoms with Gasteiger partial charge in [0.05, 0.1) is 5.56 Å². The van der Waals surface area contributed by atoms with Gasteiger partial charge in [0, 0.05) is 11.4 Å². The van der Waals surface area contributed by atoms with Crippen molar-refractivity contribution in [2.24, 2.45) is 0 Å². The van der Waals surface area contributed by atoms with Crippen molar-refractivity contribution in [1.29, 1.82) is 0 Å². The molecule has 1 amide bonds. The molecule has 0 saturated heterocycles. The van der Waals surface area contributed by atoms with Crippen LogP contribution < -0.4 is 14.8 Å². The van der Waals surface area contributed by atoms with Gasteiger partial charge in [0.25, 0.3) is 5.91 Å². The predicted molar refractivity (Wildman–Crippen MR) is 87.2 cm³/mol. The zero-order chi connectivity index (χ0) is 15.4. The van der Waals surface area contributed by atoms with Gasteiger partial charge in [-0.2, -0.15) is 0 Å². The summed E-state index contributed by atoms with van der Waals surface area (Å²) < 4.78 is 11.0. The van der Waals surface area contributed by atoms with Crippen molar-refractivity contribution in [3.63, 3.8) is 0 Å². The van der Waals surface area contributed by atoms with Crippen molar-refractivity contribution in [3.05, 3.63) is 53.6 Å². The summed E-state index contributed by atoms with van der Waals surface area (Å²) in [5.74, 6) is 1.45. The Morgan fingerprint density at radius 2 is 1.86 bits per heavy atom. The van der Waals surface area contributed by atoms with Crippen molar-refractivity contribution >= 4 is 18.5 Å². The quantitative estimate of drug-likeness (QED) is 0.853. The first-order chi connectivity index (χ1) is 10.7. The first-order valence-corrected chi connectivity index (χ1v) is 7.63. The number of rotatable bonds is 4. The standard InChI is InChI=1S/C17H17NO3S/c19-17(13-3-1-2-4-16(13)22)18-8-7-12-5-6-14-15(11-12)21-10-9-20-14/h1-6,11,22H,7-10H2,(H,18,19). The lowest BCUT2D eigenvalue weighted by Crippen LogP contribution is -2.26. The number of hydrogen-bond acceptors (Lipinski definition) is 4. The fourth-order valence-corrected chi connectivity index (χ4v) is 2.59. The van der Waals surface area contributed by atoms with Gasteiger partial charge in [-0.25, -0.2) is 0 Å². The zero-order valence-corrected chi connectivity index (χ0v) is 12.9. The minimum Gasteiger partial charge on any atom is -0.486 e. The molecule has 1 N–H and O–H groups in total. The lowest BCUT2D eigenvalue weighted by molar-refractivity contribution is 0.0951. The molecule has 0 bridgehead atoms. The van der Waals surface area contributed by atoms with Crippen LogP contribution in [0.5, 0.6) is 11.5 Å². The van der Waals surface area contributed by atoms with Crippen LogP contribution in [-0.4, -0.2) is 25.7 Å². The van der Waals surface area contributed by atoms with Gasteiger partial charge in [-0.05, 0) is 36.2 Å². The average Bonchev–Trinajstić information content (AvgIpc) is 2.55. The maximum atomic E-state index is 12.1. The molecule has 0 unspecified atom stereocenters. The van der Waals surface area contributed by atoms with Crippen LogP contribution in [0.15, 0.2) is 47.4 Å². The molecule has 3 rings (SSSR count). The second-order valence-electron chi connectivity index (χ2n) is 5.00. The molecule has 0 fully saturated rings. The van der Waals surface area contributed by atoms with E-state index in [0.717, 1.165) is 23.5 Å². The highest BCUT2D eigenvalue weighted by molar-refractivity contribution is 7.80. The van der Waals surface area contributed by atoms with E-state index in [-0.39, 0.29) is 5.91 Å². The second kappa shape index (κ2) is 6.75. The van der Waals surface area contributed by atoms with Crippen LogP contribution in [0.25, 0.3) is 0 Å². The van der Waals surface area contributed by atoms with Crippen LogP contribution in [0, 0.1) is 0 Å². The molecule has 0 aliphatic carbocycles. The van der Waals surface area contributed by atoms with Crippen molar-refractivity contribution in [2.45, 2.75) is 11.3 Å². The Bertz CT molecular complexity index is 687. The van der Waals surface area contributed by atoms with E-state index in [4.69, 9.17) is 9.47 Å². The van der Waals surface area contributed by atoms with Gasteiger partial charge in [0.1, 0.15) is 13.2 Å². The van der Waals surface area contributed by atoms with Gasteiger partial charge in [0.2, 0.25) is 0 Å². The molecule has 1 heterocycles. The summed E-state index contributed by atoms with van der Waals surface area (Å²) in [7, 11) is 0. The Balaban J connectivity index is 1.57.